The number of methoxy groups -OCH3 is 1. The first-order chi connectivity index (χ1) is 8.72. The molecule has 0 bridgehead atoms. The third-order valence-corrected chi connectivity index (χ3v) is 2.70. The number of benzene rings is 1. The summed E-state index contributed by atoms with van der Waals surface area (Å²) in [6, 6.07) is 7.39. The molecule has 0 aliphatic carbocycles. The lowest BCUT2D eigenvalue weighted by Gasteiger charge is -2.11. The fourth-order valence-corrected chi connectivity index (χ4v) is 1.77. The van der Waals surface area contributed by atoms with Gasteiger partial charge in [0.1, 0.15) is 11.6 Å². The van der Waals surface area contributed by atoms with E-state index in [9.17, 15) is 0 Å². The van der Waals surface area contributed by atoms with Gasteiger partial charge < -0.3 is 10.1 Å². The van der Waals surface area contributed by atoms with E-state index in [1.54, 1.807) is 19.4 Å². The van der Waals surface area contributed by atoms with Gasteiger partial charge in [0.25, 0.3) is 0 Å². The van der Waals surface area contributed by atoms with Crippen molar-refractivity contribution in [3.8, 4) is 5.75 Å². The Hall–Kier alpha value is -1.86. The van der Waals surface area contributed by atoms with Crippen LogP contribution in [0, 0.1) is 0 Å². The van der Waals surface area contributed by atoms with Crippen LogP contribution in [0.5, 0.6) is 5.75 Å². The van der Waals surface area contributed by atoms with Gasteiger partial charge in [0.2, 0.25) is 5.95 Å². The average molecular weight is 310 g/mol. The largest absolute Gasteiger partial charge is 0.495 e. The number of hydrogen-bond acceptors (Lipinski definition) is 6. The molecule has 2 rings (SSSR count). The van der Waals surface area contributed by atoms with Crippen molar-refractivity contribution in [2.24, 2.45) is 5.84 Å². The van der Waals surface area contributed by atoms with Crippen LogP contribution >= 0.6 is 15.9 Å². The molecule has 18 heavy (non-hydrogen) atoms. The second-order valence-corrected chi connectivity index (χ2v) is 4.30. The zero-order chi connectivity index (χ0) is 13.0. The third-order valence-electron chi connectivity index (χ3n) is 2.21. The van der Waals surface area contributed by atoms with Crippen molar-refractivity contribution in [1.82, 2.24) is 9.97 Å². The number of halogens is 1. The van der Waals surface area contributed by atoms with E-state index < -0.39 is 0 Å². The summed E-state index contributed by atoms with van der Waals surface area (Å²) in [6.45, 7) is 0. The quantitative estimate of drug-likeness (QED) is 0.593. The number of aromatic nitrogens is 2. The van der Waals surface area contributed by atoms with Crippen LogP contribution in [-0.2, 0) is 0 Å². The second kappa shape index (κ2) is 5.65. The first-order valence-electron chi connectivity index (χ1n) is 5.13. The normalized spacial score (nSPS) is 9.94. The van der Waals surface area contributed by atoms with Gasteiger partial charge in [-0.1, -0.05) is 15.9 Å². The highest BCUT2D eigenvalue weighted by Crippen LogP contribution is 2.30. The van der Waals surface area contributed by atoms with Crippen molar-refractivity contribution in [3.63, 3.8) is 0 Å². The van der Waals surface area contributed by atoms with Crippen LogP contribution in [-0.4, -0.2) is 17.1 Å². The van der Waals surface area contributed by atoms with E-state index >= 15 is 0 Å². The number of anilines is 3. The Bertz CT molecular complexity index is 549. The molecule has 0 spiro atoms. The highest BCUT2D eigenvalue weighted by Gasteiger charge is 2.05. The second-order valence-electron chi connectivity index (χ2n) is 3.38. The molecule has 1 aromatic heterocycles. The number of ether oxygens (including phenoxy) is 1. The maximum absolute atomic E-state index is 5.26. The minimum atomic E-state index is 0.342. The topological polar surface area (TPSA) is 85.1 Å². The fourth-order valence-electron chi connectivity index (χ4n) is 1.41. The number of nitrogen functional groups attached to an aromatic ring is 1. The van der Waals surface area contributed by atoms with Crippen LogP contribution in [0.15, 0.2) is 34.9 Å². The molecule has 0 atom stereocenters. The minimum Gasteiger partial charge on any atom is -0.495 e. The maximum atomic E-state index is 5.26. The van der Waals surface area contributed by atoms with E-state index in [0.717, 1.165) is 15.9 Å². The molecule has 1 heterocycles. The molecule has 1 aromatic carbocycles. The first-order valence-corrected chi connectivity index (χ1v) is 5.92. The molecule has 0 fully saturated rings. The van der Waals surface area contributed by atoms with Gasteiger partial charge in [-0.15, -0.1) is 0 Å². The Morgan fingerprint density at radius 2 is 2.17 bits per heavy atom. The number of nitrogens with zero attached hydrogens (tertiary/aromatic N) is 2. The van der Waals surface area contributed by atoms with Crippen LogP contribution in [0.25, 0.3) is 0 Å². The average Bonchev–Trinajstić information content (AvgIpc) is 2.39. The smallest absolute Gasteiger partial charge is 0.239 e. The molecule has 0 saturated carbocycles. The fraction of sp³-hybridized carbons (Fsp3) is 0.0909. The number of nitrogens with one attached hydrogen (secondary N) is 2. The maximum Gasteiger partial charge on any atom is 0.239 e. The summed E-state index contributed by atoms with van der Waals surface area (Å²) < 4.78 is 6.20. The van der Waals surface area contributed by atoms with E-state index in [4.69, 9.17) is 10.6 Å². The van der Waals surface area contributed by atoms with E-state index in [0.29, 0.717) is 11.8 Å². The lowest BCUT2D eigenvalue weighted by atomic mass is 10.3. The van der Waals surface area contributed by atoms with E-state index in [1.165, 1.54) is 0 Å². The molecule has 2 aromatic rings. The van der Waals surface area contributed by atoms with E-state index in [-0.39, 0.29) is 0 Å². The Morgan fingerprint density at radius 1 is 1.33 bits per heavy atom. The van der Waals surface area contributed by atoms with Gasteiger partial charge in [-0.05, 0) is 24.3 Å². The molecule has 4 N–H and O–H groups in total. The van der Waals surface area contributed by atoms with Crippen molar-refractivity contribution >= 4 is 33.4 Å². The molecule has 0 amide bonds. The molecule has 0 aliphatic heterocycles. The zero-order valence-electron chi connectivity index (χ0n) is 9.64. The molecular formula is C11H12BrN5O. The summed E-state index contributed by atoms with van der Waals surface area (Å²) in [5.41, 5.74) is 3.19. The predicted molar refractivity (Wildman–Crippen MR) is 73.8 cm³/mol. The number of nitrogens with two attached hydrogens (primary N) is 1. The Morgan fingerprint density at radius 3 is 2.89 bits per heavy atom. The van der Waals surface area contributed by atoms with Gasteiger partial charge in [0, 0.05) is 10.7 Å². The molecule has 94 valence electrons. The first kappa shape index (κ1) is 12.6. The number of rotatable bonds is 4. The highest BCUT2D eigenvalue weighted by molar-refractivity contribution is 9.10. The Balaban J connectivity index is 2.29. The van der Waals surface area contributed by atoms with Gasteiger partial charge in [0.15, 0.2) is 0 Å². The van der Waals surface area contributed by atoms with Crippen LogP contribution in [0.4, 0.5) is 17.5 Å². The van der Waals surface area contributed by atoms with Gasteiger partial charge in [-0.2, -0.15) is 4.98 Å². The van der Waals surface area contributed by atoms with Crippen molar-refractivity contribution in [2.45, 2.75) is 0 Å². The third kappa shape index (κ3) is 2.88. The standard InChI is InChI=1S/C11H12BrN5O/c1-18-9-3-2-7(12)6-8(9)15-10-4-5-14-11(16-10)17-13/h2-6H,13H2,1H3,(H2,14,15,16,17). The summed E-state index contributed by atoms with van der Waals surface area (Å²) >= 11 is 3.41. The minimum absolute atomic E-state index is 0.342. The van der Waals surface area contributed by atoms with E-state index in [2.05, 4.69) is 36.6 Å². The molecule has 0 aliphatic rings. The highest BCUT2D eigenvalue weighted by atomic mass is 79.9. The Labute approximate surface area is 113 Å². The van der Waals surface area contributed by atoms with Crippen LogP contribution < -0.4 is 21.3 Å². The molecule has 0 saturated heterocycles. The summed E-state index contributed by atoms with van der Waals surface area (Å²) in [4.78, 5) is 8.09. The van der Waals surface area contributed by atoms with E-state index in [1.807, 2.05) is 18.2 Å². The summed E-state index contributed by atoms with van der Waals surface area (Å²) in [6.07, 6.45) is 1.61. The van der Waals surface area contributed by atoms with Crippen LogP contribution in [0.1, 0.15) is 0 Å². The lowest BCUT2D eigenvalue weighted by molar-refractivity contribution is 0.416. The molecule has 7 heteroatoms. The zero-order valence-corrected chi connectivity index (χ0v) is 11.2. The van der Waals surface area contributed by atoms with Gasteiger partial charge >= 0.3 is 0 Å². The summed E-state index contributed by atoms with van der Waals surface area (Å²) in [7, 11) is 1.61. The van der Waals surface area contributed by atoms with Gasteiger partial charge in [0.05, 0.1) is 12.8 Å². The SMILES string of the molecule is COc1ccc(Br)cc1Nc1ccnc(NN)n1. The molecular weight excluding hydrogens is 298 g/mol. The van der Waals surface area contributed by atoms with Crippen molar-refractivity contribution in [1.29, 1.82) is 0 Å². The van der Waals surface area contributed by atoms with Crippen molar-refractivity contribution < 1.29 is 4.74 Å². The van der Waals surface area contributed by atoms with Crippen LogP contribution in [0.2, 0.25) is 0 Å². The van der Waals surface area contributed by atoms with Crippen molar-refractivity contribution in [2.75, 3.05) is 17.9 Å². The van der Waals surface area contributed by atoms with Gasteiger partial charge in [-0.25, -0.2) is 10.8 Å². The van der Waals surface area contributed by atoms with Crippen molar-refractivity contribution in [3.05, 3.63) is 34.9 Å². The van der Waals surface area contributed by atoms with Gasteiger partial charge in [-0.3, -0.25) is 5.43 Å². The number of hydrazine groups is 1. The Kier molecular flexibility index (Phi) is 3.96. The molecule has 0 radical (unpaired) electrons. The predicted octanol–water partition coefficient (Wildman–Crippen LogP) is 2.28. The van der Waals surface area contributed by atoms with Crippen LogP contribution in [0.3, 0.4) is 0 Å². The monoisotopic (exact) mass is 309 g/mol. The molecule has 0 unspecified atom stereocenters. The summed E-state index contributed by atoms with van der Waals surface area (Å²) in [5.74, 6) is 6.94. The number of hydrogen-bond donors (Lipinski definition) is 3. The summed E-state index contributed by atoms with van der Waals surface area (Å²) in [5, 5.41) is 3.14. The molecule has 6 nitrogen and oxygen atoms in total. The lowest BCUT2D eigenvalue weighted by Crippen LogP contribution is -2.10.